The van der Waals surface area contributed by atoms with Gasteiger partial charge in [-0.05, 0) is 12.3 Å². The van der Waals surface area contributed by atoms with E-state index in [1.54, 1.807) is 0 Å². The third-order valence-corrected chi connectivity index (χ3v) is 1.96. The molecule has 0 spiro atoms. The van der Waals surface area contributed by atoms with Crippen molar-refractivity contribution in [3.8, 4) is 0 Å². The second kappa shape index (κ2) is 3.20. The lowest BCUT2D eigenvalue weighted by Gasteiger charge is -2.00. The van der Waals surface area contributed by atoms with Crippen LogP contribution in [0.1, 0.15) is 13.3 Å². The highest BCUT2D eigenvalue weighted by Crippen LogP contribution is 2.00. The van der Waals surface area contributed by atoms with Crippen LogP contribution in [-0.4, -0.2) is 20.4 Å². The molecular weight excluding hydrogens is 136 g/mol. The van der Waals surface area contributed by atoms with Crippen LogP contribution in [0.5, 0.6) is 0 Å². The highest BCUT2D eigenvalue weighted by atomic mass is 32.2. The van der Waals surface area contributed by atoms with Crippen molar-refractivity contribution in [2.75, 3.05) is 12.0 Å². The third-order valence-electron chi connectivity index (χ3n) is 0.981. The largest absolute Gasteiger partial charge is 0.229 e. The van der Waals surface area contributed by atoms with Crippen molar-refractivity contribution in [1.29, 1.82) is 0 Å². The maximum Gasteiger partial charge on any atom is 0.147 e. The van der Waals surface area contributed by atoms with Gasteiger partial charge in [0.2, 0.25) is 0 Å². The Morgan fingerprint density at radius 3 is 2.11 bits per heavy atom. The predicted molar refractivity (Wildman–Crippen MR) is 38.8 cm³/mol. The third kappa shape index (κ3) is 7.95. The normalized spacial score (nSPS) is 12.4. The van der Waals surface area contributed by atoms with E-state index in [9.17, 15) is 8.42 Å². The minimum atomic E-state index is -2.76. The summed E-state index contributed by atoms with van der Waals surface area (Å²) in [5, 5.41) is 0. The van der Waals surface area contributed by atoms with E-state index in [0.29, 0.717) is 6.42 Å². The molecule has 9 heavy (non-hydrogen) atoms. The van der Waals surface area contributed by atoms with E-state index >= 15 is 0 Å². The summed E-state index contributed by atoms with van der Waals surface area (Å²) in [5.74, 6) is 0.497. The SMILES string of the molecule is [CH2][C@@H](C)CCS(C)(=O)=O. The van der Waals surface area contributed by atoms with Crippen molar-refractivity contribution < 1.29 is 8.42 Å². The molecule has 0 aromatic heterocycles. The van der Waals surface area contributed by atoms with Crippen LogP contribution in [0.2, 0.25) is 0 Å². The van der Waals surface area contributed by atoms with Crippen LogP contribution in [0.3, 0.4) is 0 Å². The smallest absolute Gasteiger partial charge is 0.147 e. The second-order valence-electron chi connectivity index (χ2n) is 2.52. The van der Waals surface area contributed by atoms with E-state index in [4.69, 9.17) is 0 Å². The van der Waals surface area contributed by atoms with Gasteiger partial charge in [0.15, 0.2) is 0 Å². The van der Waals surface area contributed by atoms with Gasteiger partial charge in [-0.25, -0.2) is 8.42 Å². The molecule has 0 amide bonds. The van der Waals surface area contributed by atoms with E-state index in [1.807, 2.05) is 6.92 Å². The van der Waals surface area contributed by atoms with Crippen LogP contribution in [0, 0.1) is 12.8 Å². The molecule has 0 heterocycles. The Morgan fingerprint density at radius 2 is 2.00 bits per heavy atom. The van der Waals surface area contributed by atoms with Crippen molar-refractivity contribution in [2.24, 2.45) is 5.92 Å². The quantitative estimate of drug-likeness (QED) is 0.597. The lowest BCUT2D eigenvalue weighted by atomic mass is 10.2. The monoisotopic (exact) mass is 149 g/mol. The van der Waals surface area contributed by atoms with Gasteiger partial charge in [0, 0.05) is 6.26 Å². The summed E-state index contributed by atoms with van der Waals surface area (Å²) in [6, 6.07) is 0. The van der Waals surface area contributed by atoms with Gasteiger partial charge in [-0.1, -0.05) is 13.8 Å². The van der Waals surface area contributed by atoms with Crippen LogP contribution < -0.4 is 0 Å². The average Bonchev–Trinajstić information content (AvgIpc) is 1.59. The van der Waals surface area contributed by atoms with Crippen molar-refractivity contribution >= 4 is 9.84 Å². The Labute approximate surface area is 57.2 Å². The number of rotatable bonds is 3. The molecular formula is C6H13O2S. The molecule has 0 aromatic carbocycles. The molecule has 55 valence electrons. The Morgan fingerprint density at radius 1 is 1.56 bits per heavy atom. The molecule has 3 heteroatoms. The molecule has 0 aliphatic heterocycles. The molecule has 0 aromatic rings. The zero-order valence-corrected chi connectivity index (χ0v) is 6.74. The molecule has 0 bridgehead atoms. The van der Waals surface area contributed by atoms with E-state index in [-0.39, 0.29) is 11.7 Å². The van der Waals surface area contributed by atoms with Gasteiger partial charge >= 0.3 is 0 Å². The van der Waals surface area contributed by atoms with Gasteiger partial charge in [0.25, 0.3) is 0 Å². The molecule has 2 nitrogen and oxygen atoms in total. The summed E-state index contributed by atoms with van der Waals surface area (Å²) in [7, 11) is -2.76. The minimum Gasteiger partial charge on any atom is -0.229 e. The zero-order chi connectivity index (χ0) is 7.49. The van der Waals surface area contributed by atoms with Crippen molar-refractivity contribution in [3.63, 3.8) is 0 Å². The standard InChI is InChI=1S/C6H13O2S/c1-6(2)4-5-9(3,7)8/h6H,1,4-5H2,2-3H3/t6-/m0/s1. The topological polar surface area (TPSA) is 34.1 Å². The maximum atomic E-state index is 10.5. The van der Waals surface area contributed by atoms with Crippen LogP contribution in [0.4, 0.5) is 0 Å². The molecule has 1 atom stereocenters. The van der Waals surface area contributed by atoms with Crippen molar-refractivity contribution in [3.05, 3.63) is 6.92 Å². The molecule has 0 unspecified atom stereocenters. The van der Waals surface area contributed by atoms with E-state index in [0.717, 1.165) is 0 Å². The summed E-state index contributed by atoms with van der Waals surface area (Å²) >= 11 is 0. The number of hydrogen-bond donors (Lipinski definition) is 0. The minimum absolute atomic E-state index is 0.236. The fraction of sp³-hybridized carbons (Fsp3) is 0.833. The summed E-state index contributed by atoms with van der Waals surface area (Å²) in [6.07, 6.45) is 1.91. The number of sulfone groups is 1. The summed E-state index contributed by atoms with van der Waals surface area (Å²) in [6.45, 7) is 5.58. The molecule has 0 aliphatic carbocycles. The Bertz CT molecular complexity index is 156. The predicted octanol–water partition coefficient (Wildman–Crippen LogP) is 0.891. The molecule has 0 fully saturated rings. The first-order valence-corrected chi connectivity index (χ1v) is 4.98. The van der Waals surface area contributed by atoms with Gasteiger partial charge < -0.3 is 0 Å². The number of hydrogen-bond acceptors (Lipinski definition) is 2. The second-order valence-corrected chi connectivity index (χ2v) is 4.78. The lowest BCUT2D eigenvalue weighted by Crippen LogP contribution is -2.05. The molecule has 0 rings (SSSR count). The lowest BCUT2D eigenvalue weighted by molar-refractivity contribution is 0.590. The van der Waals surface area contributed by atoms with Crippen LogP contribution in [0.25, 0.3) is 0 Å². The molecule has 0 N–H and O–H groups in total. The Kier molecular flexibility index (Phi) is 3.18. The van der Waals surface area contributed by atoms with E-state index in [2.05, 4.69) is 6.92 Å². The summed E-state index contributed by atoms with van der Waals surface area (Å²) in [5.41, 5.74) is 0. The maximum absolute atomic E-state index is 10.5. The highest BCUT2D eigenvalue weighted by Gasteiger charge is 2.02. The fourth-order valence-corrected chi connectivity index (χ4v) is 1.25. The van der Waals surface area contributed by atoms with Crippen LogP contribution >= 0.6 is 0 Å². The van der Waals surface area contributed by atoms with Crippen molar-refractivity contribution in [2.45, 2.75) is 13.3 Å². The van der Waals surface area contributed by atoms with Gasteiger partial charge in [0.1, 0.15) is 9.84 Å². The fourth-order valence-electron chi connectivity index (χ4n) is 0.415. The molecule has 0 saturated heterocycles. The summed E-state index contributed by atoms with van der Waals surface area (Å²) in [4.78, 5) is 0. The van der Waals surface area contributed by atoms with Gasteiger partial charge in [-0.3, -0.25) is 0 Å². The van der Waals surface area contributed by atoms with Gasteiger partial charge in [-0.2, -0.15) is 0 Å². The average molecular weight is 149 g/mol. The van der Waals surface area contributed by atoms with Gasteiger partial charge in [0.05, 0.1) is 5.75 Å². The van der Waals surface area contributed by atoms with E-state index in [1.165, 1.54) is 6.26 Å². The van der Waals surface area contributed by atoms with E-state index < -0.39 is 9.84 Å². The van der Waals surface area contributed by atoms with Gasteiger partial charge in [-0.15, -0.1) is 0 Å². The summed E-state index contributed by atoms with van der Waals surface area (Å²) < 4.78 is 21.0. The first-order chi connectivity index (χ1) is 3.92. The first-order valence-electron chi connectivity index (χ1n) is 2.92. The van der Waals surface area contributed by atoms with Crippen LogP contribution in [0.15, 0.2) is 0 Å². The van der Waals surface area contributed by atoms with Crippen LogP contribution in [-0.2, 0) is 9.84 Å². The highest BCUT2D eigenvalue weighted by molar-refractivity contribution is 7.90. The van der Waals surface area contributed by atoms with Crippen molar-refractivity contribution in [1.82, 2.24) is 0 Å². The first kappa shape index (κ1) is 8.95. The Balaban J connectivity index is 3.53. The molecule has 0 aliphatic rings. The zero-order valence-electron chi connectivity index (χ0n) is 5.92. The Hall–Kier alpha value is -0.0500. The molecule has 0 saturated carbocycles. The molecule has 1 radical (unpaired) electrons.